The van der Waals surface area contributed by atoms with Crippen molar-refractivity contribution in [3.63, 3.8) is 0 Å². The number of nitrogens with one attached hydrogen (secondary N) is 1. The predicted octanol–water partition coefficient (Wildman–Crippen LogP) is 7.92. The van der Waals surface area contributed by atoms with Gasteiger partial charge in [0.1, 0.15) is 29.2 Å². The van der Waals surface area contributed by atoms with Crippen LogP contribution >= 0.6 is 0 Å². The topological polar surface area (TPSA) is 56.1 Å². The van der Waals surface area contributed by atoms with Gasteiger partial charge in [-0.1, -0.05) is 6.07 Å². The van der Waals surface area contributed by atoms with E-state index in [0.29, 0.717) is 51.7 Å². The van der Waals surface area contributed by atoms with Crippen LogP contribution in [0.1, 0.15) is 47.2 Å². The molecule has 1 fully saturated rings. The average Bonchev–Trinajstić information content (AvgIpc) is 3.55. The van der Waals surface area contributed by atoms with Gasteiger partial charge in [0.25, 0.3) is 0 Å². The molecule has 5 rings (SSSR count). The summed E-state index contributed by atoms with van der Waals surface area (Å²) in [6.07, 6.45) is -0.989. The van der Waals surface area contributed by atoms with Crippen molar-refractivity contribution in [1.29, 1.82) is 0 Å². The number of ketones is 1. The number of hydrogen-bond donors (Lipinski definition) is 1. The van der Waals surface area contributed by atoms with Gasteiger partial charge in [-0.2, -0.15) is 13.2 Å². The highest BCUT2D eigenvalue weighted by Crippen LogP contribution is 2.36. The summed E-state index contributed by atoms with van der Waals surface area (Å²) in [6.45, 7) is 3.31. The van der Waals surface area contributed by atoms with Crippen molar-refractivity contribution in [2.45, 2.75) is 45.7 Å². The molecular formula is C29H27F4N3O2. The molecule has 1 N–H and O–H groups in total. The van der Waals surface area contributed by atoms with Crippen molar-refractivity contribution < 1.29 is 27.1 Å². The monoisotopic (exact) mass is 525 g/mol. The van der Waals surface area contributed by atoms with E-state index in [0.717, 1.165) is 24.1 Å². The molecule has 198 valence electrons. The Morgan fingerprint density at radius 2 is 1.87 bits per heavy atom. The van der Waals surface area contributed by atoms with Gasteiger partial charge in [-0.3, -0.25) is 9.36 Å². The molecule has 1 aliphatic carbocycles. The van der Waals surface area contributed by atoms with Gasteiger partial charge in [0, 0.05) is 42.4 Å². The molecule has 0 saturated heterocycles. The summed E-state index contributed by atoms with van der Waals surface area (Å²) in [5, 5.41) is 2.83. The highest BCUT2D eigenvalue weighted by molar-refractivity contribution is 5.98. The Labute approximate surface area is 217 Å². The Balaban J connectivity index is 1.53. The van der Waals surface area contributed by atoms with E-state index in [-0.39, 0.29) is 12.3 Å². The first-order chi connectivity index (χ1) is 18.1. The fourth-order valence-corrected chi connectivity index (χ4v) is 4.44. The van der Waals surface area contributed by atoms with E-state index >= 15 is 0 Å². The number of Topliss-reactive ketones (excluding diaryl/α,β-unsaturated/α-hetero) is 1. The van der Waals surface area contributed by atoms with Crippen molar-refractivity contribution in [2.24, 2.45) is 5.92 Å². The first kappa shape index (κ1) is 25.8. The van der Waals surface area contributed by atoms with Gasteiger partial charge in [-0.15, -0.1) is 0 Å². The minimum Gasteiger partial charge on any atom is -0.457 e. The molecule has 0 spiro atoms. The molecule has 4 aromatic rings. The second kappa shape index (κ2) is 10.1. The van der Waals surface area contributed by atoms with E-state index in [4.69, 9.17) is 4.74 Å². The molecule has 1 saturated carbocycles. The maximum absolute atomic E-state index is 13.9. The molecule has 3 aromatic carbocycles. The van der Waals surface area contributed by atoms with Gasteiger partial charge < -0.3 is 10.1 Å². The quantitative estimate of drug-likeness (QED) is 0.178. The summed E-state index contributed by atoms with van der Waals surface area (Å²) < 4.78 is 60.0. The Morgan fingerprint density at radius 1 is 1.08 bits per heavy atom. The van der Waals surface area contributed by atoms with E-state index < -0.39 is 18.4 Å². The van der Waals surface area contributed by atoms with Crippen LogP contribution < -0.4 is 10.1 Å². The summed E-state index contributed by atoms with van der Waals surface area (Å²) in [4.78, 5) is 17.1. The molecule has 1 heterocycles. The molecule has 1 aromatic heterocycles. The number of halogens is 4. The molecule has 0 radical (unpaired) electrons. The van der Waals surface area contributed by atoms with Gasteiger partial charge in [0.2, 0.25) is 0 Å². The van der Waals surface area contributed by atoms with E-state index in [2.05, 4.69) is 10.3 Å². The van der Waals surface area contributed by atoms with E-state index in [9.17, 15) is 22.4 Å². The number of nitrogens with zero attached hydrogens (tertiary/aromatic N) is 2. The Morgan fingerprint density at radius 3 is 2.58 bits per heavy atom. The number of carbonyl (C=O) groups is 1. The third-order valence-electron chi connectivity index (χ3n) is 6.69. The van der Waals surface area contributed by atoms with E-state index in [1.807, 2.05) is 19.1 Å². The minimum atomic E-state index is -4.31. The molecule has 1 aliphatic rings. The zero-order chi connectivity index (χ0) is 27.0. The lowest BCUT2D eigenvalue weighted by atomic mass is 10.0. The molecule has 0 unspecified atom stereocenters. The standard InChI is InChI=1S/C29H27F4N3O2/c1-17-3-6-20(30)13-27(17)38-22-14-24(34-10-9-29(31,32)33)28-25(15-22)36(16-35-28)21-7-8-23(18(2)11-21)26(37)12-19-4-5-19/h3,6-8,11,13-16,19,34H,4-5,9-10,12H2,1-2H3. The highest BCUT2D eigenvalue weighted by Gasteiger charge is 2.27. The number of rotatable bonds is 9. The minimum absolute atomic E-state index is 0.129. The third kappa shape index (κ3) is 5.82. The third-order valence-corrected chi connectivity index (χ3v) is 6.69. The van der Waals surface area contributed by atoms with Crippen molar-refractivity contribution >= 4 is 22.5 Å². The second-order valence-corrected chi connectivity index (χ2v) is 9.83. The summed E-state index contributed by atoms with van der Waals surface area (Å²) in [6, 6.07) is 13.0. The van der Waals surface area contributed by atoms with Gasteiger partial charge in [-0.05, 0) is 68.0 Å². The fourth-order valence-electron chi connectivity index (χ4n) is 4.44. The number of alkyl halides is 3. The summed E-state index contributed by atoms with van der Waals surface area (Å²) >= 11 is 0. The molecule has 0 bridgehead atoms. The number of ether oxygens (including phenoxy) is 1. The Kier molecular flexibility index (Phi) is 6.86. The van der Waals surface area contributed by atoms with Crippen LogP contribution in [0.3, 0.4) is 0 Å². The fraction of sp³-hybridized carbons (Fsp3) is 0.310. The first-order valence-corrected chi connectivity index (χ1v) is 12.5. The summed E-state index contributed by atoms with van der Waals surface area (Å²) in [5.74, 6) is 0.764. The van der Waals surface area contributed by atoms with Crippen LogP contribution in [0.15, 0.2) is 54.9 Å². The number of aryl methyl sites for hydroxylation is 2. The van der Waals surface area contributed by atoms with Crippen LogP contribution in [-0.4, -0.2) is 28.1 Å². The molecule has 0 atom stereocenters. The zero-order valence-electron chi connectivity index (χ0n) is 21.0. The smallest absolute Gasteiger partial charge is 0.390 e. The van der Waals surface area contributed by atoms with Crippen LogP contribution in [0, 0.1) is 25.6 Å². The predicted molar refractivity (Wildman–Crippen MR) is 138 cm³/mol. The maximum atomic E-state index is 13.9. The molecule has 0 amide bonds. The molecule has 38 heavy (non-hydrogen) atoms. The lowest BCUT2D eigenvalue weighted by Gasteiger charge is -2.14. The lowest BCUT2D eigenvalue weighted by Crippen LogP contribution is -2.14. The van der Waals surface area contributed by atoms with Crippen LogP contribution in [0.4, 0.5) is 23.2 Å². The summed E-state index contributed by atoms with van der Waals surface area (Å²) in [5.41, 5.74) is 4.38. The SMILES string of the molecule is Cc1ccc(F)cc1Oc1cc(NCCC(F)(F)F)c2ncn(-c3ccc(C(=O)CC4CC4)c(C)c3)c2c1. The van der Waals surface area contributed by atoms with Crippen LogP contribution in [0.25, 0.3) is 16.7 Å². The van der Waals surface area contributed by atoms with Crippen LogP contribution in [0.5, 0.6) is 11.5 Å². The van der Waals surface area contributed by atoms with Crippen molar-refractivity contribution in [2.75, 3.05) is 11.9 Å². The highest BCUT2D eigenvalue weighted by atomic mass is 19.4. The molecule has 9 heteroatoms. The molecular weight excluding hydrogens is 498 g/mol. The number of carbonyl (C=O) groups excluding carboxylic acids is 1. The number of hydrogen-bond acceptors (Lipinski definition) is 4. The number of benzene rings is 3. The largest absolute Gasteiger partial charge is 0.457 e. The number of fused-ring (bicyclic) bond motifs is 1. The van der Waals surface area contributed by atoms with Gasteiger partial charge in [0.15, 0.2) is 5.78 Å². The van der Waals surface area contributed by atoms with E-state index in [1.165, 1.54) is 12.1 Å². The maximum Gasteiger partial charge on any atom is 0.390 e. The Hall–Kier alpha value is -3.88. The van der Waals surface area contributed by atoms with Gasteiger partial charge in [0.05, 0.1) is 17.6 Å². The molecule has 0 aliphatic heterocycles. The average molecular weight is 526 g/mol. The van der Waals surface area contributed by atoms with Gasteiger partial charge >= 0.3 is 6.18 Å². The number of imidazole rings is 1. The second-order valence-electron chi connectivity index (χ2n) is 9.83. The molecule has 5 nitrogen and oxygen atoms in total. The van der Waals surface area contributed by atoms with E-state index in [1.54, 1.807) is 42.1 Å². The van der Waals surface area contributed by atoms with Gasteiger partial charge in [-0.25, -0.2) is 9.37 Å². The number of aromatic nitrogens is 2. The first-order valence-electron chi connectivity index (χ1n) is 12.5. The Bertz CT molecular complexity index is 1510. The normalized spacial score (nSPS) is 13.6. The lowest BCUT2D eigenvalue weighted by molar-refractivity contribution is -0.131. The van der Waals surface area contributed by atoms with Crippen molar-refractivity contribution in [3.8, 4) is 17.2 Å². The van der Waals surface area contributed by atoms with Crippen LogP contribution in [-0.2, 0) is 0 Å². The zero-order valence-corrected chi connectivity index (χ0v) is 21.0. The van der Waals surface area contributed by atoms with Crippen LogP contribution in [0.2, 0.25) is 0 Å². The van der Waals surface area contributed by atoms with Crippen molar-refractivity contribution in [3.05, 3.63) is 77.4 Å². The number of anilines is 1. The van der Waals surface area contributed by atoms with Crippen molar-refractivity contribution in [1.82, 2.24) is 9.55 Å². The summed E-state index contributed by atoms with van der Waals surface area (Å²) in [7, 11) is 0.